The molecular weight excluding hydrogens is 443 g/mol. The standard InChI is InChI=1S/C23H19FN6O2S/c1-29-13-16(12-27-29)19-7-8-20-23(22(19)15-3-5-17(24)6-4-15)26-14-30(20)18-9-10-25-21(11-18)28-33(2,31)32/h3-14H,1-2H3,(H,25,28). The summed E-state index contributed by atoms with van der Waals surface area (Å²) in [6.07, 6.45) is 7.96. The number of fused-ring (bicyclic) bond motifs is 1. The minimum absolute atomic E-state index is 0.211. The lowest BCUT2D eigenvalue weighted by molar-refractivity contribution is 0.606. The minimum atomic E-state index is -3.46. The molecule has 0 atom stereocenters. The zero-order valence-electron chi connectivity index (χ0n) is 17.8. The first-order valence-electron chi connectivity index (χ1n) is 9.98. The van der Waals surface area contributed by atoms with Crippen molar-refractivity contribution in [2.45, 2.75) is 0 Å². The first-order valence-corrected chi connectivity index (χ1v) is 11.9. The Bertz CT molecular complexity index is 1590. The van der Waals surface area contributed by atoms with Gasteiger partial charge in [-0.2, -0.15) is 5.10 Å². The predicted molar refractivity (Wildman–Crippen MR) is 125 cm³/mol. The van der Waals surface area contributed by atoms with Crippen molar-refractivity contribution in [1.29, 1.82) is 0 Å². The van der Waals surface area contributed by atoms with E-state index in [1.807, 2.05) is 29.9 Å². The van der Waals surface area contributed by atoms with Crippen molar-refractivity contribution in [3.05, 3.63) is 79.3 Å². The first-order chi connectivity index (χ1) is 15.8. The van der Waals surface area contributed by atoms with Crippen molar-refractivity contribution in [3.63, 3.8) is 0 Å². The van der Waals surface area contributed by atoms with E-state index in [9.17, 15) is 12.8 Å². The number of aryl methyl sites for hydroxylation is 1. The average molecular weight is 463 g/mol. The number of nitrogens with one attached hydrogen (secondary N) is 1. The van der Waals surface area contributed by atoms with Crippen molar-refractivity contribution in [3.8, 4) is 27.9 Å². The van der Waals surface area contributed by atoms with E-state index in [0.717, 1.165) is 39.5 Å². The Morgan fingerprint density at radius 1 is 1.00 bits per heavy atom. The largest absolute Gasteiger partial charge is 0.299 e. The van der Waals surface area contributed by atoms with Gasteiger partial charge in [0.05, 0.1) is 29.2 Å². The summed E-state index contributed by atoms with van der Waals surface area (Å²) < 4.78 is 42.8. The average Bonchev–Trinajstić information content (AvgIpc) is 3.39. The van der Waals surface area contributed by atoms with Gasteiger partial charge >= 0.3 is 0 Å². The molecule has 0 aliphatic heterocycles. The third-order valence-electron chi connectivity index (χ3n) is 5.18. The number of anilines is 1. The molecule has 166 valence electrons. The number of rotatable bonds is 5. The molecule has 0 aliphatic rings. The van der Waals surface area contributed by atoms with Crippen LogP contribution in [0.2, 0.25) is 0 Å². The molecule has 1 N–H and O–H groups in total. The first kappa shape index (κ1) is 20.8. The van der Waals surface area contributed by atoms with Gasteiger partial charge in [-0.05, 0) is 35.4 Å². The van der Waals surface area contributed by atoms with Crippen LogP contribution in [0.25, 0.3) is 39.0 Å². The molecule has 0 amide bonds. The molecule has 0 spiro atoms. The number of nitrogens with zero attached hydrogens (tertiary/aromatic N) is 5. The zero-order chi connectivity index (χ0) is 23.2. The van der Waals surface area contributed by atoms with E-state index in [0.29, 0.717) is 5.69 Å². The van der Waals surface area contributed by atoms with Gasteiger partial charge in [0.15, 0.2) is 0 Å². The third kappa shape index (κ3) is 4.08. The highest BCUT2D eigenvalue weighted by atomic mass is 32.2. The molecule has 0 unspecified atom stereocenters. The molecule has 33 heavy (non-hydrogen) atoms. The Kier molecular flexibility index (Phi) is 4.94. The van der Waals surface area contributed by atoms with Gasteiger partial charge in [0.25, 0.3) is 0 Å². The highest BCUT2D eigenvalue weighted by Gasteiger charge is 2.17. The fourth-order valence-corrected chi connectivity index (χ4v) is 4.30. The quantitative estimate of drug-likeness (QED) is 0.426. The number of hydrogen-bond acceptors (Lipinski definition) is 5. The summed E-state index contributed by atoms with van der Waals surface area (Å²) in [5.41, 5.74) is 5.72. The Balaban J connectivity index is 1.72. The van der Waals surface area contributed by atoms with Crippen molar-refractivity contribution in [1.82, 2.24) is 24.3 Å². The van der Waals surface area contributed by atoms with Crippen LogP contribution < -0.4 is 4.72 Å². The summed E-state index contributed by atoms with van der Waals surface area (Å²) in [6, 6.07) is 13.6. The molecule has 0 radical (unpaired) electrons. The lowest BCUT2D eigenvalue weighted by atomic mass is 9.94. The van der Waals surface area contributed by atoms with Crippen LogP contribution in [0, 0.1) is 5.82 Å². The molecule has 0 aliphatic carbocycles. The lowest BCUT2D eigenvalue weighted by Gasteiger charge is -2.12. The number of imidazole rings is 1. The van der Waals surface area contributed by atoms with Crippen LogP contribution in [-0.4, -0.2) is 39.0 Å². The number of benzene rings is 2. The van der Waals surface area contributed by atoms with E-state index in [1.54, 1.807) is 41.5 Å². The maximum atomic E-state index is 13.6. The molecule has 2 aromatic carbocycles. The Morgan fingerprint density at radius 2 is 1.79 bits per heavy atom. The summed E-state index contributed by atoms with van der Waals surface area (Å²) in [4.78, 5) is 8.75. The Hall–Kier alpha value is -4.05. The molecule has 0 fully saturated rings. The van der Waals surface area contributed by atoms with E-state index in [1.165, 1.54) is 18.3 Å². The Labute approximate surface area is 189 Å². The van der Waals surface area contributed by atoms with Crippen LogP contribution in [0.4, 0.5) is 10.2 Å². The summed E-state index contributed by atoms with van der Waals surface area (Å²) in [6.45, 7) is 0. The molecule has 5 aromatic rings. The van der Waals surface area contributed by atoms with Crippen molar-refractivity contribution in [2.24, 2.45) is 7.05 Å². The topological polar surface area (TPSA) is 94.7 Å². The van der Waals surface area contributed by atoms with Gasteiger partial charge in [-0.3, -0.25) is 14.0 Å². The molecule has 5 rings (SSSR count). The van der Waals surface area contributed by atoms with Gasteiger partial charge in [0, 0.05) is 36.6 Å². The number of pyridine rings is 1. The normalized spacial score (nSPS) is 11.7. The van der Waals surface area contributed by atoms with Crippen LogP contribution in [0.15, 0.2) is 73.4 Å². The summed E-state index contributed by atoms with van der Waals surface area (Å²) in [5, 5.41) is 4.28. The fraction of sp³-hybridized carbons (Fsp3) is 0.0870. The molecule has 0 saturated heterocycles. The number of sulfonamides is 1. The maximum absolute atomic E-state index is 13.6. The molecule has 10 heteroatoms. The van der Waals surface area contributed by atoms with Gasteiger partial charge in [0.2, 0.25) is 10.0 Å². The monoisotopic (exact) mass is 462 g/mol. The molecule has 3 heterocycles. The van der Waals surface area contributed by atoms with Gasteiger partial charge in [-0.25, -0.2) is 22.8 Å². The smallest absolute Gasteiger partial charge is 0.230 e. The minimum Gasteiger partial charge on any atom is -0.299 e. The van der Waals surface area contributed by atoms with Gasteiger partial charge in [-0.15, -0.1) is 0 Å². The van der Waals surface area contributed by atoms with Gasteiger partial charge in [-0.1, -0.05) is 18.2 Å². The van der Waals surface area contributed by atoms with Crippen molar-refractivity contribution >= 4 is 26.9 Å². The van der Waals surface area contributed by atoms with Crippen LogP contribution in [0.5, 0.6) is 0 Å². The van der Waals surface area contributed by atoms with E-state index in [-0.39, 0.29) is 11.6 Å². The molecular formula is C23H19FN6O2S. The maximum Gasteiger partial charge on any atom is 0.230 e. The number of halogens is 1. The summed E-state index contributed by atoms with van der Waals surface area (Å²) >= 11 is 0. The highest BCUT2D eigenvalue weighted by Crippen LogP contribution is 2.38. The van der Waals surface area contributed by atoms with Crippen molar-refractivity contribution in [2.75, 3.05) is 11.0 Å². The van der Waals surface area contributed by atoms with E-state index < -0.39 is 10.0 Å². The van der Waals surface area contributed by atoms with E-state index in [2.05, 4.69) is 19.8 Å². The van der Waals surface area contributed by atoms with E-state index >= 15 is 0 Å². The lowest BCUT2D eigenvalue weighted by Crippen LogP contribution is -2.11. The second-order valence-corrected chi connectivity index (χ2v) is 9.40. The second kappa shape index (κ2) is 7.82. The van der Waals surface area contributed by atoms with Gasteiger partial charge in [0.1, 0.15) is 18.0 Å². The molecule has 0 saturated carbocycles. The van der Waals surface area contributed by atoms with E-state index in [4.69, 9.17) is 0 Å². The van der Waals surface area contributed by atoms with Crippen LogP contribution >= 0.6 is 0 Å². The van der Waals surface area contributed by atoms with Crippen LogP contribution in [-0.2, 0) is 17.1 Å². The van der Waals surface area contributed by atoms with Crippen LogP contribution in [0.3, 0.4) is 0 Å². The molecule has 0 bridgehead atoms. The second-order valence-electron chi connectivity index (χ2n) is 7.65. The Morgan fingerprint density at radius 3 is 2.48 bits per heavy atom. The predicted octanol–water partition coefficient (Wildman–Crippen LogP) is 4.00. The van der Waals surface area contributed by atoms with Crippen LogP contribution in [0.1, 0.15) is 0 Å². The number of aromatic nitrogens is 5. The zero-order valence-corrected chi connectivity index (χ0v) is 18.6. The van der Waals surface area contributed by atoms with Crippen molar-refractivity contribution < 1.29 is 12.8 Å². The summed E-state index contributed by atoms with van der Waals surface area (Å²) in [5.74, 6) is -0.107. The summed E-state index contributed by atoms with van der Waals surface area (Å²) in [7, 11) is -1.61. The third-order valence-corrected chi connectivity index (χ3v) is 5.76. The SMILES string of the molecule is Cn1cc(-c2ccc3c(ncn3-c3ccnc(NS(C)(=O)=O)c3)c2-c2ccc(F)cc2)cn1. The molecule has 3 aromatic heterocycles. The molecule has 8 nitrogen and oxygen atoms in total. The highest BCUT2D eigenvalue weighted by molar-refractivity contribution is 7.92. The number of hydrogen-bond donors (Lipinski definition) is 1. The fourth-order valence-electron chi connectivity index (χ4n) is 3.81. The van der Waals surface area contributed by atoms with Gasteiger partial charge < -0.3 is 0 Å².